The minimum Gasteiger partial charge on any atom is -0.493 e. The van der Waals surface area contributed by atoms with Crippen LogP contribution in [0.4, 0.5) is 5.69 Å². The number of ether oxygens (including phenoxy) is 3. The maximum atomic E-state index is 12.2. The van der Waals surface area contributed by atoms with Crippen LogP contribution in [0, 0.1) is 6.92 Å². The van der Waals surface area contributed by atoms with Gasteiger partial charge in [0.25, 0.3) is 5.91 Å². The highest BCUT2D eigenvalue weighted by molar-refractivity contribution is 5.91. The normalized spacial score (nSPS) is 10.5. The van der Waals surface area contributed by atoms with E-state index in [1.807, 2.05) is 56.3 Å². The van der Waals surface area contributed by atoms with E-state index in [1.165, 1.54) is 0 Å². The Morgan fingerprint density at radius 3 is 2.61 bits per heavy atom. The summed E-state index contributed by atoms with van der Waals surface area (Å²) in [5, 5.41) is 6.20. The van der Waals surface area contributed by atoms with Crippen molar-refractivity contribution in [2.24, 2.45) is 0 Å². The SMILES string of the molecule is CCOCCCNCc1cccc(OC)c1OCC(=O)Nc1ccc(C)cc1. The van der Waals surface area contributed by atoms with E-state index in [-0.39, 0.29) is 12.5 Å². The van der Waals surface area contributed by atoms with Gasteiger partial charge in [-0.1, -0.05) is 29.8 Å². The molecule has 0 unspecified atom stereocenters. The van der Waals surface area contributed by atoms with Gasteiger partial charge in [0.05, 0.1) is 7.11 Å². The summed E-state index contributed by atoms with van der Waals surface area (Å²) in [4.78, 5) is 12.2. The fraction of sp³-hybridized carbons (Fsp3) is 0.409. The molecule has 28 heavy (non-hydrogen) atoms. The molecule has 0 saturated heterocycles. The van der Waals surface area contributed by atoms with Crippen molar-refractivity contribution in [3.63, 3.8) is 0 Å². The zero-order valence-corrected chi connectivity index (χ0v) is 16.9. The van der Waals surface area contributed by atoms with Gasteiger partial charge in [-0.2, -0.15) is 0 Å². The molecule has 2 N–H and O–H groups in total. The van der Waals surface area contributed by atoms with E-state index in [0.29, 0.717) is 18.0 Å². The van der Waals surface area contributed by atoms with Crippen molar-refractivity contribution in [3.05, 3.63) is 53.6 Å². The van der Waals surface area contributed by atoms with Gasteiger partial charge in [0.1, 0.15) is 0 Å². The lowest BCUT2D eigenvalue weighted by Gasteiger charge is -2.15. The second-order valence-electron chi connectivity index (χ2n) is 6.38. The molecule has 0 bridgehead atoms. The van der Waals surface area contributed by atoms with Gasteiger partial charge < -0.3 is 24.8 Å². The smallest absolute Gasteiger partial charge is 0.262 e. The van der Waals surface area contributed by atoms with Crippen molar-refractivity contribution >= 4 is 11.6 Å². The lowest BCUT2D eigenvalue weighted by atomic mass is 10.2. The first-order valence-electron chi connectivity index (χ1n) is 9.57. The topological polar surface area (TPSA) is 68.8 Å². The van der Waals surface area contributed by atoms with Gasteiger partial charge in [-0.15, -0.1) is 0 Å². The Labute approximate surface area is 167 Å². The fourth-order valence-corrected chi connectivity index (χ4v) is 2.66. The summed E-state index contributed by atoms with van der Waals surface area (Å²) < 4.78 is 16.6. The third-order valence-corrected chi connectivity index (χ3v) is 4.13. The molecule has 2 aromatic rings. The molecule has 152 valence electrons. The molecule has 0 spiro atoms. The molecule has 6 nitrogen and oxygen atoms in total. The highest BCUT2D eigenvalue weighted by Gasteiger charge is 2.13. The zero-order valence-electron chi connectivity index (χ0n) is 16.9. The summed E-state index contributed by atoms with van der Waals surface area (Å²) in [6.07, 6.45) is 0.937. The number of carbonyl (C=O) groups is 1. The Balaban J connectivity index is 1.91. The number of methoxy groups -OCH3 is 1. The number of carbonyl (C=O) groups excluding carboxylic acids is 1. The predicted molar refractivity (Wildman–Crippen MR) is 111 cm³/mol. The van der Waals surface area contributed by atoms with Crippen molar-refractivity contribution in [1.82, 2.24) is 5.32 Å². The van der Waals surface area contributed by atoms with Gasteiger partial charge in [0, 0.05) is 31.0 Å². The van der Waals surface area contributed by atoms with E-state index in [2.05, 4.69) is 10.6 Å². The summed E-state index contributed by atoms with van der Waals surface area (Å²) >= 11 is 0. The summed E-state index contributed by atoms with van der Waals surface area (Å²) in [7, 11) is 1.59. The van der Waals surface area contributed by atoms with Crippen LogP contribution in [0.1, 0.15) is 24.5 Å². The molecule has 0 fully saturated rings. The molecule has 2 rings (SSSR count). The highest BCUT2D eigenvalue weighted by Crippen LogP contribution is 2.31. The number of benzene rings is 2. The molecule has 1 amide bonds. The van der Waals surface area contributed by atoms with E-state index < -0.39 is 0 Å². The Kier molecular flexibility index (Phi) is 9.31. The molecule has 0 saturated carbocycles. The molecule has 0 aliphatic carbocycles. The summed E-state index contributed by atoms with van der Waals surface area (Å²) in [6.45, 7) is 6.84. The first kappa shape index (κ1) is 21.7. The molecule has 0 aromatic heterocycles. The maximum Gasteiger partial charge on any atom is 0.262 e. The number of rotatable bonds is 12. The van der Waals surface area contributed by atoms with Crippen molar-refractivity contribution in [2.45, 2.75) is 26.8 Å². The lowest BCUT2D eigenvalue weighted by Crippen LogP contribution is -2.22. The molecule has 0 heterocycles. The van der Waals surface area contributed by atoms with Gasteiger partial charge >= 0.3 is 0 Å². The average Bonchev–Trinajstić information content (AvgIpc) is 2.71. The van der Waals surface area contributed by atoms with Gasteiger partial charge in [-0.3, -0.25) is 4.79 Å². The third-order valence-electron chi connectivity index (χ3n) is 4.13. The molecule has 0 aliphatic rings. The Hall–Kier alpha value is -2.57. The van der Waals surface area contributed by atoms with Gasteiger partial charge in [-0.05, 0) is 45.0 Å². The van der Waals surface area contributed by atoms with E-state index >= 15 is 0 Å². The number of hydrogen-bond donors (Lipinski definition) is 2. The monoisotopic (exact) mass is 386 g/mol. The number of amides is 1. The summed E-state index contributed by atoms with van der Waals surface area (Å²) in [5.41, 5.74) is 2.83. The van der Waals surface area contributed by atoms with E-state index in [9.17, 15) is 4.79 Å². The molecule has 0 radical (unpaired) electrons. The van der Waals surface area contributed by atoms with Gasteiger partial charge in [-0.25, -0.2) is 0 Å². The average molecular weight is 386 g/mol. The van der Waals surface area contributed by atoms with Crippen molar-refractivity contribution in [1.29, 1.82) is 0 Å². The maximum absolute atomic E-state index is 12.2. The number of aryl methyl sites for hydroxylation is 1. The Bertz CT molecular complexity index is 732. The lowest BCUT2D eigenvalue weighted by molar-refractivity contribution is -0.118. The fourth-order valence-electron chi connectivity index (χ4n) is 2.66. The van der Waals surface area contributed by atoms with Crippen molar-refractivity contribution in [2.75, 3.05) is 38.8 Å². The van der Waals surface area contributed by atoms with Crippen LogP contribution in [0.5, 0.6) is 11.5 Å². The largest absolute Gasteiger partial charge is 0.493 e. The number of hydrogen-bond acceptors (Lipinski definition) is 5. The van der Waals surface area contributed by atoms with Gasteiger partial charge in [0.15, 0.2) is 18.1 Å². The minimum absolute atomic E-state index is 0.0917. The molecular formula is C22H30N2O4. The van der Waals surface area contributed by atoms with E-state index in [0.717, 1.165) is 43.0 Å². The van der Waals surface area contributed by atoms with Crippen LogP contribution in [0.25, 0.3) is 0 Å². The molecule has 0 atom stereocenters. The van der Waals surface area contributed by atoms with Crippen LogP contribution >= 0.6 is 0 Å². The van der Waals surface area contributed by atoms with Crippen LogP contribution in [0.2, 0.25) is 0 Å². The predicted octanol–water partition coefficient (Wildman–Crippen LogP) is 3.54. The number of anilines is 1. The van der Waals surface area contributed by atoms with Gasteiger partial charge in [0.2, 0.25) is 0 Å². The van der Waals surface area contributed by atoms with Crippen LogP contribution in [0.15, 0.2) is 42.5 Å². The van der Waals surface area contributed by atoms with Crippen LogP contribution in [-0.4, -0.2) is 39.4 Å². The van der Waals surface area contributed by atoms with E-state index in [4.69, 9.17) is 14.2 Å². The second-order valence-corrected chi connectivity index (χ2v) is 6.38. The summed E-state index contributed by atoms with van der Waals surface area (Å²) in [6, 6.07) is 13.3. The molecule has 6 heteroatoms. The molecular weight excluding hydrogens is 356 g/mol. The highest BCUT2D eigenvalue weighted by atomic mass is 16.5. The van der Waals surface area contributed by atoms with Crippen LogP contribution < -0.4 is 20.1 Å². The second kappa shape index (κ2) is 12.0. The van der Waals surface area contributed by atoms with Crippen LogP contribution in [0.3, 0.4) is 0 Å². The number of para-hydroxylation sites is 1. The summed E-state index contributed by atoms with van der Waals surface area (Å²) in [5.74, 6) is 0.975. The quantitative estimate of drug-likeness (QED) is 0.546. The standard InChI is InChI=1S/C22H30N2O4/c1-4-27-14-6-13-23-15-18-7-5-8-20(26-3)22(18)28-16-21(25)24-19-11-9-17(2)10-12-19/h5,7-12,23H,4,6,13-16H2,1-3H3,(H,24,25). The molecule has 0 aliphatic heterocycles. The van der Waals surface area contributed by atoms with E-state index in [1.54, 1.807) is 7.11 Å². The van der Waals surface area contributed by atoms with Crippen molar-refractivity contribution in [3.8, 4) is 11.5 Å². The zero-order chi connectivity index (χ0) is 20.2. The number of nitrogens with one attached hydrogen (secondary N) is 2. The first-order valence-corrected chi connectivity index (χ1v) is 9.57. The minimum atomic E-state index is -0.217. The Morgan fingerprint density at radius 1 is 1.11 bits per heavy atom. The Morgan fingerprint density at radius 2 is 1.89 bits per heavy atom. The molecule has 2 aromatic carbocycles. The van der Waals surface area contributed by atoms with Crippen molar-refractivity contribution < 1.29 is 19.0 Å². The van der Waals surface area contributed by atoms with Crippen LogP contribution in [-0.2, 0) is 16.1 Å². The first-order chi connectivity index (χ1) is 13.6. The third kappa shape index (κ3) is 7.21.